The van der Waals surface area contributed by atoms with E-state index in [1.165, 1.54) is 36.2 Å². The second kappa shape index (κ2) is 9.71. The van der Waals surface area contributed by atoms with Crippen molar-refractivity contribution in [3.05, 3.63) is 64.4 Å². The maximum absolute atomic E-state index is 13.5. The first-order valence-electron chi connectivity index (χ1n) is 8.41. The number of hydrogen-bond donors (Lipinski definition) is 2. The topological polar surface area (TPSA) is 61.4 Å². The minimum absolute atomic E-state index is 0.00344. The first-order valence-corrected chi connectivity index (χ1v) is 8.79. The average Bonchev–Trinajstić information content (AvgIpc) is 2.61. The molecule has 0 saturated carbocycles. The molecule has 156 valence electrons. The van der Waals surface area contributed by atoms with Crippen molar-refractivity contribution in [2.24, 2.45) is 0 Å². The Bertz CT molecular complexity index is 890. The number of nitrogens with zero attached hydrogens (tertiary/aromatic N) is 1. The summed E-state index contributed by atoms with van der Waals surface area (Å²) in [6.45, 7) is -0.399. The molecule has 0 atom stereocenters. The molecule has 0 saturated heterocycles. The Morgan fingerprint density at radius 1 is 1.07 bits per heavy atom. The smallest absolute Gasteiger partial charge is 0.351 e. The van der Waals surface area contributed by atoms with E-state index in [2.05, 4.69) is 10.6 Å². The van der Waals surface area contributed by atoms with Crippen molar-refractivity contribution < 1.29 is 27.2 Å². The first-order chi connectivity index (χ1) is 13.6. The second-order valence-electron chi connectivity index (χ2n) is 6.28. The normalized spacial score (nSPS) is 11.4. The van der Waals surface area contributed by atoms with Gasteiger partial charge in [-0.15, -0.1) is 0 Å². The Hall–Kier alpha value is -2.65. The molecule has 0 bridgehead atoms. The fourth-order valence-electron chi connectivity index (χ4n) is 2.46. The maximum atomic E-state index is 13.5. The van der Waals surface area contributed by atoms with Crippen LogP contribution in [0.15, 0.2) is 42.5 Å². The fraction of sp³-hybridized carbons (Fsp3) is 0.263. The van der Waals surface area contributed by atoms with Crippen molar-refractivity contribution in [1.29, 1.82) is 0 Å². The zero-order valence-electron chi connectivity index (χ0n) is 15.3. The molecule has 2 amide bonds. The van der Waals surface area contributed by atoms with E-state index in [1.807, 2.05) is 0 Å². The molecule has 5 nitrogen and oxygen atoms in total. The Morgan fingerprint density at radius 3 is 2.38 bits per heavy atom. The Labute approximate surface area is 169 Å². The summed E-state index contributed by atoms with van der Waals surface area (Å²) in [6, 6.07) is 9.01. The van der Waals surface area contributed by atoms with Gasteiger partial charge in [-0.25, -0.2) is 4.39 Å². The molecule has 29 heavy (non-hydrogen) atoms. The number of halogens is 5. The molecule has 0 unspecified atom stereocenters. The molecule has 2 rings (SSSR count). The van der Waals surface area contributed by atoms with E-state index in [9.17, 15) is 27.2 Å². The average molecular weight is 432 g/mol. The van der Waals surface area contributed by atoms with Crippen LogP contribution in [0.1, 0.15) is 11.1 Å². The molecular formula is C19H18ClF4N3O2. The fourth-order valence-corrected chi connectivity index (χ4v) is 2.68. The van der Waals surface area contributed by atoms with E-state index < -0.39 is 34.4 Å². The lowest BCUT2D eigenvalue weighted by Crippen LogP contribution is -2.38. The number of amides is 2. The van der Waals surface area contributed by atoms with Crippen LogP contribution in [0.2, 0.25) is 5.02 Å². The quantitative estimate of drug-likeness (QED) is 0.657. The molecule has 2 aromatic carbocycles. The van der Waals surface area contributed by atoms with Crippen LogP contribution in [0.5, 0.6) is 0 Å². The van der Waals surface area contributed by atoms with Gasteiger partial charge in [-0.3, -0.25) is 14.5 Å². The Morgan fingerprint density at radius 2 is 1.72 bits per heavy atom. The van der Waals surface area contributed by atoms with Gasteiger partial charge < -0.3 is 10.6 Å². The summed E-state index contributed by atoms with van der Waals surface area (Å²) >= 11 is 5.53. The molecule has 2 aromatic rings. The molecule has 2 N–H and O–H groups in total. The van der Waals surface area contributed by atoms with Gasteiger partial charge in [-0.05, 0) is 31.3 Å². The van der Waals surface area contributed by atoms with E-state index >= 15 is 0 Å². The number of rotatable bonds is 7. The minimum Gasteiger partial charge on any atom is -0.351 e. The van der Waals surface area contributed by atoms with Gasteiger partial charge in [0.1, 0.15) is 5.82 Å². The maximum Gasteiger partial charge on any atom is 0.417 e. The third-order valence-corrected chi connectivity index (χ3v) is 4.15. The monoisotopic (exact) mass is 431 g/mol. The van der Waals surface area contributed by atoms with Crippen molar-refractivity contribution in [2.75, 3.05) is 25.5 Å². The van der Waals surface area contributed by atoms with Gasteiger partial charge in [-0.2, -0.15) is 13.2 Å². The zero-order valence-corrected chi connectivity index (χ0v) is 16.1. The summed E-state index contributed by atoms with van der Waals surface area (Å²) in [6.07, 6.45) is -4.65. The Balaban J connectivity index is 1.84. The Kier molecular flexibility index (Phi) is 7.58. The van der Waals surface area contributed by atoms with Crippen molar-refractivity contribution in [1.82, 2.24) is 10.2 Å². The molecule has 0 aliphatic carbocycles. The largest absolute Gasteiger partial charge is 0.417 e. The highest BCUT2D eigenvalue weighted by molar-refractivity contribution is 6.31. The predicted octanol–water partition coefficient (Wildman–Crippen LogP) is 3.68. The number of likely N-dealkylation sites (N-methyl/N-ethyl adjacent to an activating group) is 1. The number of alkyl halides is 3. The summed E-state index contributed by atoms with van der Waals surface area (Å²) in [5.74, 6) is -1.49. The third kappa shape index (κ3) is 7.03. The summed E-state index contributed by atoms with van der Waals surface area (Å²) in [7, 11) is 1.49. The second-order valence-corrected chi connectivity index (χ2v) is 6.69. The van der Waals surface area contributed by atoms with Crippen LogP contribution >= 0.6 is 11.6 Å². The first kappa shape index (κ1) is 22.6. The number of hydrogen-bond acceptors (Lipinski definition) is 3. The van der Waals surface area contributed by atoms with Gasteiger partial charge >= 0.3 is 6.18 Å². The number of carbonyl (C=O) groups excluding carboxylic acids is 2. The van der Waals surface area contributed by atoms with Crippen LogP contribution in [0.4, 0.5) is 23.2 Å². The number of anilines is 1. The molecule has 10 heteroatoms. The highest BCUT2D eigenvalue weighted by atomic mass is 35.5. The molecule has 0 aliphatic rings. The molecule has 0 heterocycles. The highest BCUT2D eigenvalue weighted by Gasteiger charge is 2.33. The van der Waals surface area contributed by atoms with E-state index in [1.54, 1.807) is 6.07 Å². The predicted molar refractivity (Wildman–Crippen MR) is 101 cm³/mol. The van der Waals surface area contributed by atoms with Crippen molar-refractivity contribution >= 4 is 29.1 Å². The van der Waals surface area contributed by atoms with Crippen LogP contribution in [-0.2, 0) is 22.3 Å². The third-order valence-electron chi connectivity index (χ3n) is 3.82. The molecule has 0 aliphatic heterocycles. The van der Waals surface area contributed by atoms with E-state index in [4.69, 9.17) is 11.6 Å². The van der Waals surface area contributed by atoms with Crippen LogP contribution in [0.3, 0.4) is 0 Å². The van der Waals surface area contributed by atoms with Crippen LogP contribution in [0, 0.1) is 5.82 Å². The van der Waals surface area contributed by atoms with Crippen LogP contribution < -0.4 is 10.6 Å². The van der Waals surface area contributed by atoms with Gasteiger partial charge in [0.15, 0.2) is 0 Å². The zero-order chi connectivity index (χ0) is 21.6. The van der Waals surface area contributed by atoms with Gasteiger partial charge in [0.2, 0.25) is 11.8 Å². The van der Waals surface area contributed by atoms with Gasteiger partial charge in [-0.1, -0.05) is 29.8 Å². The highest BCUT2D eigenvalue weighted by Crippen LogP contribution is 2.36. The number of nitrogens with one attached hydrogen (secondary N) is 2. The standard InChI is InChI=1S/C19H18ClF4N3O2/c1-27(10-17(28)25-9-12-4-2-3-5-16(12)21)11-18(29)26-13-6-7-15(20)14(8-13)19(22,23)24/h2-8H,9-11H2,1H3,(H,25,28)(H,26,29). The SMILES string of the molecule is CN(CC(=O)NCc1ccccc1F)CC(=O)Nc1ccc(Cl)c(C(F)(F)F)c1. The summed E-state index contributed by atoms with van der Waals surface area (Å²) in [5, 5.41) is 4.39. The van der Waals surface area contributed by atoms with E-state index in [0.29, 0.717) is 5.56 Å². The molecule has 0 radical (unpaired) electrons. The number of carbonyl (C=O) groups is 2. The van der Waals surface area contributed by atoms with Gasteiger partial charge in [0, 0.05) is 17.8 Å². The number of benzene rings is 2. The minimum atomic E-state index is -4.65. The van der Waals surface area contributed by atoms with Gasteiger partial charge in [0.25, 0.3) is 0 Å². The molecule has 0 fully saturated rings. The van der Waals surface area contributed by atoms with Crippen LogP contribution in [0.25, 0.3) is 0 Å². The molecule has 0 spiro atoms. The lowest BCUT2D eigenvalue weighted by Gasteiger charge is -2.17. The lowest BCUT2D eigenvalue weighted by molar-refractivity contribution is -0.137. The van der Waals surface area contributed by atoms with Crippen molar-refractivity contribution in [3.8, 4) is 0 Å². The summed E-state index contributed by atoms with van der Waals surface area (Å²) in [5.41, 5.74) is -0.800. The van der Waals surface area contributed by atoms with E-state index in [0.717, 1.165) is 12.1 Å². The van der Waals surface area contributed by atoms with E-state index in [-0.39, 0.29) is 25.3 Å². The molecule has 0 aromatic heterocycles. The summed E-state index contributed by atoms with van der Waals surface area (Å²) in [4.78, 5) is 25.3. The van der Waals surface area contributed by atoms with Crippen LogP contribution in [-0.4, -0.2) is 36.9 Å². The lowest BCUT2D eigenvalue weighted by atomic mass is 10.2. The van der Waals surface area contributed by atoms with Crippen molar-refractivity contribution in [3.63, 3.8) is 0 Å². The summed E-state index contributed by atoms with van der Waals surface area (Å²) < 4.78 is 52.1. The van der Waals surface area contributed by atoms with Crippen molar-refractivity contribution in [2.45, 2.75) is 12.7 Å². The van der Waals surface area contributed by atoms with Gasteiger partial charge in [0.05, 0.1) is 23.7 Å². The molecular weight excluding hydrogens is 414 g/mol.